The van der Waals surface area contributed by atoms with Crippen LogP contribution >= 0.6 is 0 Å². The minimum atomic E-state index is -0.521. The van der Waals surface area contributed by atoms with E-state index in [2.05, 4.69) is 13.8 Å². The van der Waals surface area contributed by atoms with Crippen molar-refractivity contribution >= 4 is 29.8 Å². The van der Waals surface area contributed by atoms with Gasteiger partial charge < -0.3 is 20.1 Å². The first kappa shape index (κ1) is 28.3. The molecule has 0 heterocycles. The van der Waals surface area contributed by atoms with E-state index in [1.165, 1.54) is 0 Å². The standard InChI is InChI=1S/C28H35N3O5/c1-5-35-25(32)15-17-31(16-14-19(2)3)27(33)20(4)18-21-6-8-23(9-7-21)28(34)36-24-12-10-22(11-13-24)26(29)30/h6-13,18-19H,5,14-17H2,1-4H3,(H3,29,30). The molecule has 0 spiro atoms. The van der Waals surface area contributed by atoms with Gasteiger partial charge in [0.2, 0.25) is 5.91 Å². The van der Waals surface area contributed by atoms with Crippen LogP contribution in [0.1, 0.15) is 62.0 Å². The first-order chi connectivity index (χ1) is 17.1. The fourth-order valence-corrected chi connectivity index (χ4v) is 3.33. The Bertz CT molecular complexity index is 1090. The summed E-state index contributed by atoms with van der Waals surface area (Å²) in [5.41, 5.74) is 7.63. The van der Waals surface area contributed by atoms with Gasteiger partial charge in [-0.3, -0.25) is 15.0 Å². The molecule has 2 rings (SSSR count). The van der Waals surface area contributed by atoms with E-state index in [4.69, 9.17) is 20.6 Å². The Hall–Kier alpha value is -3.94. The van der Waals surface area contributed by atoms with Gasteiger partial charge >= 0.3 is 11.9 Å². The maximum absolute atomic E-state index is 13.1. The summed E-state index contributed by atoms with van der Waals surface area (Å²) in [5.74, 6) is -0.275. The van der Waals surface area contributed by atoms with E-state index in [1.54, 1.807) is 73.4 Å². The van der Waals surface area contributed by atoms with Crippen molar-refractivity contribution in [3.8, 4) is 5.75 Å². The second kappa shape index (κ2) is 13.8. The third-order valence-electron chi connectivity index (χ3n) is 5.40. The molecule has 36 heavy (non-hydrogen) atoms. The van der Waals surface area contributed by atoms with Crippen molar-refractivity contribution in [1.82, 2.24) is 4.90 Å². The molecule has 3 N–H and O–H groups in total. The van der Waals surface area contributed by atoms with Gasteiger partial charge in [0.15, 0.2) is 0 Å². The van der Waals surface area contributed by atoms with Gasteiger partial charge in [-0.05, 0) is 74.2 Å². The molecule has 0 atom stereocenters. The van der Waals surface area contributed by atoms with Crippen molar-refractivity contribution < 1.29 is 23.9 Å². The van der Waals surface area contributed by atoms with Gasteiger partial charge in [-0.25, -0.2) is 4.79 Å². The van der Waals surface area contributed by atoms with E-state index in [9.17, 15) is 14.4 Å². The Labute approximate surface area is 212 Å². The Balaban J connectivity index is 2.06. The number of benzene rings is 2. The number of nitrogens with zero attached hydrogens (tertiary/aromatic N) is 1. The summed E-state index contributed by atoms with van der Waals surface area (Å²) >= 11 is 0. The van der Waals surface area contributed by atoms with Crippen LogP contribution in [-0.2, 0) is 14.3 Å². The van der Waals surface area contributed by atoms with Crippen molar-refractivity contribution in [3.63, 3.8) is 0 Å². The molecule has 0 bridgehead atoms. The zero-order valence-corrected chi connectivity index (χ0v) is 21.4. The molecule has 8 nitrogen and oxygen atoms in total. The van der Waals surface area contributed by atoms with Crippen molar-refractivity contribution in [1.29, 1.82) is 5.41 Å². The van der Waals surface area contributed by atoms with Crippen molar-refractivity contribution in [2.75, 3.05) is 19.7 Å². The number of nitrogens with one attached hydrogen (secondary N) is 1. The third-order valence-corrected chi connectivity index (χ3v) is 5.40. The summed E-state index contributed by atoms with van der Waals surface area (Å²) in [6.07, 6.45) is 2.74. The number of hydrogen-bond acceptors (Lipinski definition) is 6. The average molecular weight is 494 g/mol. The summed E-state index contributed by atoms with van der Waals surface area (Å²) in [6, 6.07) is 13.1. The number of carbonyl (C=O) groups excluding carboxylic acids is 3. The normalized spacial score (nSPS) is 11.2. The van der Waals surface area contributed by atoms with Gasteiger partial charge in [0.1, 0.15) is 11.6 Å². The second-order valence-electron chi connectivity index (χ2n) is 8.81. The lowest BCUT2D eigenvalue weighted by Crippen LogP contribution is -2.35. The maximum atomic E-state index is 13.1. The van der Waals surface area contributed by atoms with Gasteiger partial charge in [0.05, 0.1) is 18.6 Å². The van der Waals surface area contributed by atoms with Crippen molar-refractivity contribution in [2.24, 2.45) is 11.7 Å². The number of hydrogen-bond donors (Lipinski definition) is 2. The SMILES string of the molecule is CCOC(=O)CCN(CCC(C)C)C(=O)C(C)=Cc1ccc(C(=O)Oc2ccc(C(=N)N)cc2)cc1. The van der Waals surface area contributed by atoms with E-state index in [0.29, 0.717) is 48.1 Å². The van der Waals surface area contributed by atoms with Gasteiger partial charge in [-0.2, -0.15) is 0 Å². The molecule has 0 fully saturated rings. The van der Waals surface area contributed by atoms with Gasteiger partial charge in [0.25, 0.3) is 0 Å². The van der Waals surface area contributed by atoms with Crippen molar-refractivity contribution in [3.05, 3.63) is 70.8 Å². The number of ether oxygens (including phenoxy) is 2. The first-order valence-corrected chi connectivity index (χ1v) is 12.0. The zero-order chi connectivity index (χ0) is 26.7. The zero-order valence-electron chi connectivity index (χ0n) is 21.4. The molecule has 192 valence electrons. The topological polar surface area (TPSA) is 123 Å². The predicted octanol–water partition coefficient (Wildman–Crippen LogP) is 4.42. The van der Waals surface area contributed by atoms with Gasteiger partial charge in [0, 0.05) is 24.2 Å². The van der Waals surface area contributed by atoms with Crippen LogP contribution in [0.25, 0.3) is 6.08 Å². The predicted molar refractivity (Wildman–Crippen MR) is 140 cm³/mol. The van der Waals surface area contributed by atoms with Gasteiger partial charge in [-0.15, -0.1) is 0 Å². The highest BCUT2D eigenvalue weighted by Crippen LogP contribution is 2.16. The fraction of sp³-hybridized carbons (Fsp3) is 0.357. The highest BCUT2D eigenvalue weighted by Gasteiger charge is 2.18. The highest BCUT2D eigenvalue weighted by atomic mass is 16.5. The third kappa shape index (κ3) is 9.02. The van der Waals surface area contributed by atoms with Gasteiger partial charge in [-0.1, -0.05) is 26.0 Å². The number of esters is 2. The van der Waals surface area contributed by atoms with Crippen LogP contribution in [0.5, 0.6) is 5.75 Å². The molecule has 0 aliphatic heterocycles. The van der Waals surface area contributed by atoms with E-state index in [1.807, 2.05) is 0 Å². The van der Waals surface area contributed by atoms with Crippen LogP contribution in [0.15, 0.2) is 54.1 Å². The number of nitrogen functional groups attached to an aromatic ring is 1. The number of amidine groups is 1. The van der Waals surface area contributed by atoms with Crippen LogP contribution in [0.3, 0.4) is 0 Å². The molecular weight excluding hydrogens is 458 g/mol. The number of carbonyl (C=O) groups is 3. The summed E-state index contributed by atoms with van der Waals surface area (Å²) in [6.45, 7) is 8.83. The molecule has 1 amide bonds. The van der Waals surface area contributed by atoms with E-state index >= 15 is 0 Å². The first-order valence-electron chi connectivity index (χ1n) is 12.0. The summed E-state index contributed by atoms with van der Waals surface area (Å²) in [7, 11) is 0. The van der Waals surface area contributed by atoms with E-state index in [-0.39, 0.29) is 24.1 Å². The summed E-state index contributed by atoms with van der Waals surface area (Å²) < 4.78 is 10.4. The Morgan fingerprint density at radius 2 is 1.61 bits per heavy atom. The fourth-order valence-electron chi connectivity index (χ4n) is 3.33. The molecule has 2 aromatic carbocycles. The largest absolute Gasteiger partial charge is 0.466 e. The Kier molecular flexibility index (Phi) is 10.9. The summed E-state index contributed by atoms with van der Waals surface area (Å²) in [5, 5.41) is 7.41. The Morgan fingerprint density at radius 3 is 2.17 bits per heavy atom. The molecular formula is C28H35N3O5. The Morgan fingerprint density at radius 1 is 1.00 bits per heavy atom. The van der Waals surface area contributed by atoms with E-state index < -0.39 is 5.97 Å². The minimum Gasteiger partial charge on any atom is -0.466 e. The number of amides is 1. The highest BCUT2D eigenvalue weighted by molar-refractivity contribution is 5.98. The molecule has 0 saturated heterocycles. The lowest BCUT2D eigenvalue weighted by Gasteiger charge is -2.23. The summed E-state index contributed by atoms with van der Waals surface area (Å²) in [4.78, 5) is 39.0. The van der Waals surface area contributed by atoms with Crippen molar-refractivity contribution in [2.45, 2.75) is 40.5 Å². The maximum Gasteiger partial charge on any atom is 0.343 e. The number of rotatable bonds is 12. The second-order valence-corrected chi connectivity index (χ2v) is 8.81. The van der Waals surface area contributed by atoms with Crippen LogP contribution in [0.4, 0.5) is 0 Å². The molecule has 0 aliphatic carbocycles. The molecule has 0 aromatic heterocycles. The van der Waals surface area contributed by atoms with Crippen LogP contribution < -0.4 is 10.5 Å². The average Bonchev–Trinajstić information content (AvgIpc) is 2.84. The van der Waals surface area contributed by atoms with Crippen LogP contribution in [0.2, 0.25) is 0 Å². The quantitative estimate of drug-likeness (QED) is 0.148. The molecule has 0 aliphatic rings. The molecule has 0 unspecified atom stereocenters. The smallest absolute Gasteiger partial charge is 0.343 e. The molecule has 0 radical (unpaired) electrons. The molecule has 2 aromatic rings. The lowest BCUT2D eigenvalue weighted by molar-refractivity contribution is -0.143. The monoisotopic (exact) mass is 493 g/mol. The lowest BCUT2D eigenvalue weighted by atomic mass is 10.1. The van der Waals surface area contributed by atoms with Crippen LogP contribution in [0, 0.1) is 11.3 Å². The molecule has 0 saturated carbocycles. The number of nitrogens with two attached hydrogens (primary N) is 1. The van der Waals surface area contributed by atoms with E-state index in [0.717, 1.165) is 12.0 Å². The molecule has 8 heteroatoms. The minimum absolute atomic E-state index is 0.0627. The van der Waals surface area contributed by atoms with Crippen LogP contribution in [-0.4, -0.2) is 48.3 Å².